The largest absolute Gasteiger partial charge is 0.432 e. The van der Waals surface area contributed by atoms with Gasteiger partial charge in [-0.05, 0) is 50.6 Å². The van der Waals surface area contributed by atoms with Gasteiger partial charge in [-0.25, -0.2) is 9.97 Å². The van der Waals surface area contributed by atoms with Crippen LogP contribution in [0.15, 0.2) is 58.3 Å². The molecule has 0 bridgehead atoms. The van der Waals surface area contributed by atoms with Gasteiger partial charge in [-0.1, -0.05) is 63.3 Å². The highest BCUT2D eigenvalue weighted by atomic mass is 32.1. The number of para-hydroxylation sites is 2. The normalized spacial score (nSPS) is 16.8. The number of nitrogens with one attached hydrogen (secondary N) is 1. The number of benzene rings is 2. The molecule has 2 aromatic carbocycles. The first-order chi connectivity index (χ1) is 22.4. The second-order valence-electron chi connectivity index (χ2n) is 12.4. The quantitative estimate of drug-likeness (QED) is 0.166. The van der Waals surface area contributed by atoms with Crippen LogP contribution in [-0.2, 0) is 4.79 Å². The summed E-state index contributed by atoms with van der Waals surface area (Å²) in [6.07, 6.45) is 5.93. The first kappa shape index (κ1) is 31.9. The van der Waals surface area contributed by atoms with E-state index in [4.69, 9.17) is 9.40 Å². The van der Waals surface area contributed by atoms with Crippen LogP contribution in [0.2, 0.25) is 0 Å². The lowest BCUT2D eigenvalue weighted by Gasteiger charge is -2.39. The Balaban J connectivity index is 1.20. The number of likely N-dealkylation sites (N-methyl/N-ethyl adjacent to an activating group) is 1. The molecule has 2 aliphatic rings. The molecule has 1 aliphatic heterocycles. The van der Waals surface area contributed by atoms with Crippen molar-refractivity contribution in [2.75, 3.05) is 44.7 Å². The maximum atomic E-state index is 14.4. The number of nitrogens with zero attached hydrogens (tertiary/aromatic N) is 5. The van der Waals surface area contributed by atoms with Crippen LogP contribution in [0, 0.1) is 0 Å². The molecule has 11 heteroatoms. The molecule has 0 atom stereocenters. The van der Waals surface area contributed by atoms with Gasteiger partial charge in [-0.2, -0.15) is 0 Å². The lowest BCUT2D eigenvalue weighted by atomic mass is 9.80. The summed E-state index contributed by atoms with van der Waals surface area (Å²) in [5.74, 6) is -1.41. The van der Waals surface area contributed by atoms with Crippen molar-refractivity contribution < 1.29 is 18.8 Å². The van der Waals surface area contributed by atoms with Crippen LogP contribution in [0.25, 0.3) is 22.4 Å². The molecular weight excluding hydrogens is 600 g/mol. The summed E-state index contributed by atoms with van der Waals surface area (Å²) in [6, 6.07) is 14.5. The van der Waals surface area contributed by atoms with Gasteiger partial charge in [-0.15, -0.1) is 11.3 Å². The van der Waals surface area contributed by atoms with Crippen molar-refractivity contribution in [3.63, 3.8) is 0 Å². The molecule has 2 aromatic heterocycles. The molecule has 2 fully saturated rings. The van der Waals surface area contributed by atoms with E-state index in [1.807, 2.05) is 24.3 Å². The van der Waals surface area contributed by atoms with Crippen molar-refractivity contribution in [1.82, 2.24) is 25.1 Å². The van der Waals surface area contributed by atoms with Crippen LogP contribution in [0.5, 0.6) is 0 Å². The number of piperazine rings is 1. The highest BCUT2D eigenvalue weighted by molar-refractivity contribution is 7.14. The Morgan fingerprint density at radius 2 is 1.70 bits per heavy atom. The number of thiazole rings is 1. The van der Waals surface area contributed by atoms with E-state index in [0.29, 0.717) is 35.9 Å². The number of imide groups is 1. The summed E-state index contributed by atoms with van der Waals surface area (Å²) < 4.78 is 5.77. The molecular formula is C35H42N6O4S. The predicted octanol–water partition coefficient (Wildman–Crippen LogP) is 6.00. The molecule has 3 amide bonds. The summed E-state index contributed by atoms with van der Waals surface area (Å²) in [7, 11) is 2.14. The third-order valence-electron chi connectivity index (χ3n) is 9.13. The van der Waals surface area contributed by atoms with E-state index < -0.39 is 11.4 Å². The van der Waals surface area contributed by atoms with E-state index in [2.05, 4.69) is 39.5 Å². The number of carbonyl (C=O) groups is 3. The summed E-state index contributed by atoms with van der Waals surface area (Å²) in [5.41, 5.74) is 2.13. The Morgan fingerprint density at radius 3 is 2.41 bits per heavy atom. The Labute approximate surface area is 273 Å². The molecule has 4 aromatic rings. The molecule has 10 nitrogen and oxygen atoms in total. The number of oxazole rings is 1. The monoisotopic (exact) mass is 642 g/mol. The fourth-order valence-electron chi connectivity index (χ4n) is 6.32. The van der Waals surface area contributed by atoms with Crippen molar-refractivity contribution in [2.45, 2.75) is 63.8 Å². The van der Waals surface area contributed by atoms with Gasteiger partial charge in [0, 0.05) is 49.2 Å². The van der Waals surface area contributed by atoms with Crippen molar-refractivity contribution >= 4 is 45.3 Å². The SMILES string of the molecule is CCCCCN(C(=O)c1nc2ccccc2o1)C(=O)C1(NC(=O)c2ccc(-c3csc(N4CCN(C)CC4)n3)cc2)CCCCC1. The number of carbonyl (C=O) groups excluding carboxylic acids is 3. The number of hydrogen-bond acceptors (Lipinski definition) is 9. The van der Waals surface area contributed by atoms with Crippen molar-refractivity contribution in [3.05, 3.63) is 65.4 Å². The van der Waals surface area contributed by atoms with Gasteiger partial charge in [0.25, 0.3) is 17.7 Å². The maximum Gasteiger partial charge on any atom is 0.316 e. The molecule has 6 rings (SSSR count). The van der Waals surface area contributed by atoms with E-state index in [0.717, 1.165) is 74.7 Å². The summed E-state index contributed by atoms with van der Waals surface area (Å²) in [5, 5.41) is 6.17. The van der Waals surface area contributed by atoms with Crippen LogP contribution >= 0.6 is 11.3 Å². The third-order valence-corrected chi connectivity index (χ3v) is 10.0. The molecule has 1 aliphatic carbocycles. The Kier molecular flexibility index (Phi) is 9.79. The van der Waals surface area contributed by atoms with E-state index in [-0.39, 0.29) is 24.2 Å². The Bertz CT molecular complexity index is 1630. The smallest absolute Gasteiger partial charge is 0.316 e. The minimum Gasteiger partial charge on any atom is -0.432 e. The topological polar surface area (TPSA) is 112 Å². The summed E-state index contributed by atoms with van der Waals surface area (Å²) in [6.45, 7) is 6.26. The van der Waals surface area contributed by atoms with E-state index >= 15 is 0 Å². The number of rotatable bonds is 10. The zero-order valence-electron chi connectivity index (χ0n) is 26.7. The van der Waals surface area contributed by atoms with Crippen LogP contribution in [0.1, 0.15) is 79.3 Å². The maximum absolute atomic E-state index is 14.4. The number of aromatic nitrogens is 2. The lowest BCUT2D eigenvalue weighted by Crippen LogP contribution is -2.61. The van der Waals surface area contributed by atoms with Crippen LogP contribution in [0.4, 0.5) is 5.13 Å². The molecule has 1 saturated carbocycles. The zero-order valence-corrected chi connectivity index (χ0v) is 27.5. The van der Waals surface area contributed by atoms with Gasteiger partial charge in [0.1, 0.15) is 11.1 Å². The first-order valence-electron chi connectivity index (χ1n) is 16.4. The van der Waals surface area contributed by atoms with Crippen molar-refractivity contribution in [2.24, 2.45) is 0 Å². The molecule has 1 saturated heterocycles. The Hall–Kier alpha value is -4.09. The van der Waals surface area contributed by atoms with Gasteiger partial charge < -0.3 is 19.5 Å². The number of amides is 3. The second-order valence-corrected chi connectivity index (χ2v) is 13.3. The zero-order chi connectivity index (χ0) is 32.1. The van der Waals surface area contributed by atoms with Gasteiger partial charge in [0.15, 0.2) is 10.7 Å². The van der Waals surface area contributed by atoms with Crippen LogP contribution in [0.3, 0.4) is 0 Å². The Morgan fingerprint density at radius 1 is 0.957 bits per heavy atom. The number of unbranched alkanes of at least 4 members (excludes halogenated alkanes) is 2. The number of fused-ring (bicyclic) bond motifs is 1. The van der Waals surface area contributed by atoms with Gasteiger partial charge in [0.2, 0.25) is 0 Å². The fraction of sp³-hybridized carbons (Fsp3) is 0.457. The minimum atomic E-state index is -1.19. The highest BCUT2D eigenvalue weighted by Gasteiger charge is 2.46. The average molecular weight is 643 g/mol. The van der Waals surface area contributed by atoms with Gasteiger partial charge in [0.05, 0.1) is 5.69 Å². The molecule has 46 heavy (non-hydrogen) atoms. The molecule has 0 unspecified atom stereocenters. The summed E-state index contributed by atoms with van der Waals surface area (Å²) >= 11 is 1.64. The number of hydrogen-bond donors (Lipinski definition) is 1. The standard InChI is InChI=1S/C35H42N6O4S/c1-3-4-10-19-41(32(43)31-36-27-11-6-7-12-29(27)45-31)33(44)35(17-8-5-9-18-35)38-30(42)26-15-13-25(14-16-26)28-24-46-34(37-28)40-22-20-39(2)21-23-40/h6-7,11-16,24H,3-5,8-10,17-23H2,1-2H3,(H,38,42). The van der Waals surface area contributed by atoms with Crippen molar-refractivity contribution in [1.29, 1.82) is 0 Å². The number of anilines is 1. The van der Waals surface area contributed by atoms with E-state index in [1.165, 1.54) is 4.90 Å². The predicted molar refractivity (Wildman–Crippen MR) is 180 cm³/mol. The highest BCUT2D eigenvalue weighted by Crippen LogP contribution is 2.32. The van der Waals surface area contributed by atoms with Gasteiger partial charge >= 0.3 is 5.91 Å². The van der Waals surface area contributed by atoms with Crippen LogP contribution < -0.4 is 10.2 Å². The first-order valence-corrected chi connectivity index (χ1v) is 17.3. The molecule has 242 valence electrons. The fourth-order valence-corrected chi connectivity index (χ4v) is 7.21. The van der Waals surface area contributed by atoms with Gasteiger partial charge in [-0.3, -0.25) is 19.3 Å². The molecule has 3 heterocycles. The molecule has 1 N–H and O–H groups in total. The minimum absolute atomic E-state index is 0.114. The molecule has 0 spiro atoms. The van der Waals surface area contributed by atoms with Crippen LogP contribution in [-0.4, -0.2) is 82.8 Å². The third kappa shape index (κ3) is 6.85. The second kappa shape index (κ2) is 14.1. The van der Waals surface area contributed by atoms with E-state index in [9.17, 15) is 14.4 Å². The van der Waals surface area contributed by atoms with Crippen molar-refractivity contribution in [3.8, 4) is 11.3 Å². The van der Waals surface area contributed by atoms with E-state index in [1.54, 1.807) is 35.6 Å². The lowest BCUT2D eigenvalue weighted by molar-refractivity contribution is -0.137. The molecule has 0 radical (unpaired) electrons. The average Bonchev–Trinajstić information content (AvgIpc) is 3.75. The summed E-state index contributed by atoms with van der Waals surface area (Å²) in [4.78, 5) is 57.1.